The van der Waals surface area contributed by atoms with Gasteiger partial charge in [-0.15, -0.1) is 23.5 Å². The molecule has 11 nitrogen and oxygen atoms in total. The molecule has 0 aliphatic carbocycles. The summed E-state index contributed by atoms with van der Waals surface area (Å²) in [7, 11) is -8.13. The number of hydrogen-bond donors (Lipinski definition) is 5. The Kier molecular flexibility index (Phi) is 12.3. The number of fused-ring (bicyclic) bond motifs is 1. The van der Waals surface area contributed by atoms with E-state index in [0.717, 1.165) is 36.5 Å². The average Bonchev–Trinajstić information content (AvgIpc) is 3.66. The minimum atomic E-state index is -4.12. The number of carbonyl (C=O) groups excluding carboxylic acids is 1. The third kappa shape index (κ3) is 9.23. The van der Waals surface area contributed by atoms with Crippen LogP contribution in [0.4, 0.5) is 5.69 Å². The van der Waals surface area contributed by atoms with Crippen LogP contribution in [0.2, 0.25) is 5.02 Å². The van der Waals surface area contributed by atoms with E-state index in [1.165, 1.54) is 22.9 Å². The third-order valence-corrected chi connectivity index (χ3v) is 16.5. The lowest BCUT2D eigenvalue weighted by atomic mass is 10.0. The number of hydrogen-bond acceptors (Lipinski definition) is 10. The van der Waals surface area contributed by atoms with E-state index >= 15 is 0 Å². The maximum absolute atomic E-state index is 13.7. The molecule has 4 unspecified atom stereocenters. The van der Waals surface area contributed by atoms with E-state index in [4.69, 9.17) is 11.6 Å². The fourth-order valence-electron chi connectivity index (χ4n) is 6.01. The van der Waals surface area contributed by atoms with E-state index in [0.29, 0.717) is 16.9 Å². The number of carboxylic acid groups (broad SMARTS) is 1. The Morgan fingerprint density at radius 1 is 1.19 bits per heavy atom. The van der Waals surface area contributed by atoms with Gasteiger partial charge in [0.25, 0.3) is 0 Å². The average molecular weight is 763 g/mol. The number of halogens is 1. The molecule has 3 heterocycles. The lowest BCUT2D eigenvalue weighted by Crippen LogP contribution is -2.42. The summed E-state index contributed by atoms with van der Waals surface area (Å²) < 4.78 is 46.4. The number of thioether (sulfide) groups is 2. The van der Waals surface area contributed by atoms with Crippen molar-refractivity contribution in [1.29, 1.82) is 0 Å². The fourth-order valence-corrected chi connectivity index (χ4v) is 13.4. The van der Waals surface area contributed by atoms with Crippen molar-refractivity contribution in [2.45, 2.75) is 77.6 Å². The highest BCUT2D eigenvalue weighted by atomic mass is 35.5. The number of unbranched alkanes of at least 4 members (excludes halogenated alkanes) is 1. The summed E-state index contributed by atoms with van der Waals surface area (Å²) in [5.74, 6) is -0.0187. The van der Waals surface area contributed by atoms with E-state index in [1.807, 2.05) is 6.07 Å². The molecule has 3 aliphatic heterocycles. The van der Waals surface area contributed by atoms with Crippen molar-refractivity contribution in [3.8, 4) is 0 Å². The Labute approximate surface area is 293 Å². The monoisotopic (exact) mass is 762 g/mol. The molecule has 2 aromatic rings. The normalized spacial score (nSPS) is 22.4. The summed E-state index contributed by atoms with van der Waals surface area (Å²) in [6.07, 6.45) is 2.79. The molecule has 47 heavy (non-hydrogen) atoms. The topological polar surface area (TPSA) is 165 Å². The van der Waals surface area contributed by atoms with Crippen molar-refractivity contribution in [2.75, 3.05) is 35.7 Å². The smallest absolute Gasteiger partial charge is 0.326 e. The number of carbonyl (C=O) groups is 2. The number of benzene rings is 2. The molecule has 4 atom stereocenters. The minimum absolute atomic E-state index is 0.0419. The van der Waals surface area contributed by atoms with Gasteiger partial charge in [-0.2, -0.15) is 0 Å². The number of amides is 1. The third-order valence-electron chi connectivity index (χ3n) is 8.40. The highest BCUT2D eigenvalue weighted by Gasteiger charge is 2.51. The Bertz CT molecular complexity index is 1610. The van der Waals surface area contributed by atoms with Crippen molar-refractivity contribution in [2.24, 2.45) is 0 Å². The van der Waals surface area contributed by atoms with Crippen LogP contribution in [0, 0.1) is 0 Å². The van der Waals surface area contributed by atoms with Gasteiger partial charge in [-0.1, -0.05) is 61.7 Å². The van der Waals surface area contributed by atoms with Crippen LogP contribution >= 0.6 is 54.4 Å². The van der Waals surface area contributed by atoms with E-state index in [1.54, 1.807) is 53.9 Å². The quantitative estimate of drug-likeness (QED) is 0.116. The molecular formula is C30H40ClN4O7PS4. The molecule has 2 aromatic carbocycles. The summed E-state index contributed by atoms with van der Waals surface area (Å²) in [4.78, 5) is 37.8. The van der Waals surface area contributed by atoms with Crippen LogP contribution in [0.5, 0.6) is 0 Å². The summed E-state index contributed by atoms with van der Waals surface area (Å²) in [6, 6.07) is 10.3. The van der Waals surface area contributed by atoms with Crippen LogP contribution in [0.1, 0.15) is 57.1 Å². The van der Waals surface area contributed by atoms with Crippen LogP contribution in [0.15, 0.2) is 52.3 Å². The van der Waals surface area contributed by atoms with Crippen LogP contribution in [0.25, 0.3) is 0 Å². The van der Waals surface area contributed by atoms with Crippen LogP contribution in [0.3, 0.4) is 0 Å². The minimum Gasteiger partial charge on any atom is -0.480 e. The second-order valence-corrected chi connectivity index (χ2v) is 20.6. The first-order valence-electron chi connectivity index (χ1n) is 15.5. The Balaban J connectivity index is 1.25. The molecule has 2 saturated heterocycles. The SMILES string of the molecule is CCCCC1NSc2cc(S(=O)(=O)NC(CCCP(=O)(O)CC(=O)N3CC4(CC3C(=O)O)SCCS4)c3ccccc3)c(Cl)cc2N1. The first-order chi connectivity index (χ1) is 22.3. The molecule has 1 spiro atoms. The van der Waals surface area contributed by atoms with Gasteiger partial charge in [-0.3, -0.25) is 9.36 Å². The number of sulfonamides is 1. The Morgan fingerprint density at radius 2 is 1.91 bits per heavy atom. The highest BCUT2D eigenvalue weighted by molar-refractivity contribution is 8.21. The van der Waals surface area contributed by atoms with E-state index in [9.17, 15) is 32.6 Å². The molecule has 0 aromatic heterocycles. The van der Waals surface area contributed by atoms with Gasteiger partial charge in [0.15, 0.2) is 0 Å². The summed E-state index contributed by atoms with van der Waals surface area (Å²) >= 11 is 11.2. The highest BCUT2D eigenvalue weighted by Crippen LogP contribution is 2.52. The molecule has 3 aliphatic rings. The van der Waals surface area contributed by atoms with Crippen molar-refractivity contribution < 1.29 is 32.6 Å². The molecule has 5 rings (SSSR count). The fraction of sp³-hybridized carbons (Fsp3) is 0.533. The summed E-state index contributed by atoms with van der Waals surface area (Å²) in [5.41, 5.74) is 1.43. The zero-order chi connectivity index (χ0) is 33.8. The first kappa shape index (κ1) is 36.9. The number of rotatable bonds is 14. The van der Waals surface area contributed by atoms with Gasteiger partial charge in [0.1, 0.15) is 17.1 Å². The van der Waals surface area contributed by atoms with E-state index in [2.05, 4.69) is 21.7 Å². The van der Waals surface area contributed by atoms with E-state index < -0.39 is 47.5 Å². The zero-order valence-electron chi connectivity index (χ0n) is 25.9. The first-order valence-corrected chi connectivity index (χ1v) is 22.2. The molecule has 17 heteroatoms. The van der Waals surface area contributed by atoms with Gasteiger partial charge >= 0.3 is 5.97 Å². The predicted molar refractivity (Wildman–Crippen MR) is 191 cm³/mol. The van der Waals surface area contributed by atoms with Crippen LogP contribution in [-0.4, -0.2) is 81.9 Å². The second-order valence-electron chi connectivity index (χ2n) is 12.0. The Morgan fingerprint density at radius 3 is 2.60 bits per heavy atom. The lowest BCUT2D eigenvalue weighted by molar-refractivity contribution is -0.147. The number of carboxylic acids is 1. The summed E-state index contributed by atoms with van der Waals surface area (Å²) in [6.45, 7) is 2.35. The maximum Gasteiger partial charge on any atom is 0.326 e. The predicted octanol–water partition coefficient (Wildman–Crippen LogP) is 5.81. The second kappa shape index (κ2) is 15.6. The van der Waals surface area contributed by atoms with Crippen molar-refractivity contribution in [1.82, 2.24) is 14.3 Å². The van der Waals surface area contributed by atoms with Gasteiger partial charge < -0.3 is 20.2 Å². The number of nitrogens with zero attached hydrogens (tertiary/aromatic N) is 1. The molecule has 0 radical (unpaired) electrons. The van der Waals surface area contributed by atoms with Gasteiger partial charge in [0.2, 0.25) is 23.3 Å². The molecule has 258 valence electrons. The van der Waals surface area contributed by atoms with Gasteiger partial charge in [0, 0.05) is 41.6 Å². The van der Waals surface area contributed by atoms with Crippen LogP contribution < -0.4 is 14.8 Å². The number of anilines is 1. The van der Waals surface area contributed by atoms with Crippen molar-refractivity contribution >= 4 is 82.0 Å². The molecule has 2 fully saturated rings. The number of aliphatic carboxylic acids is 1. The largest absolute Gasteiger partial charge is 0.480 e. The number of likely N-dealkylation sites (tertiary alicyclic amines) is 1. The molecule has 0 bridgehead atoms. The zero-order valence-corrected chi connectivity index (χ0v) is 30.8. The summed E-state index contributed by atoms with van der Waals surface area (Å²) in [5, 5.41) is 13.2. The van der Waals surface area contributed by atoms with Crippen molar-refractivity contribution in [3.63, 3.8) is 0 Å². The molecule has 1 amide bonds. The standard InChI is InChI=1S/C30H40ClN4O7PS4/c1-2-3-11-27-32-23-15-21(31)26(16-25(23)46-33-27)47(41,42)34-22(20-8-5-4-6-9-20)10-7-12-43(39,40)18-28(36)35-19-30(44-13-14-45-30)17-24(35)29(37)38/h4-6,8-9,15-16,22,24,27,32-34H,2-3,7,10-14,17-19H2,1H3,(H,37,38)(H,39,40). The van der Waals surface area contributed by atoms with Crippen molar-refractivity contribution in [3.05, 3.63) is 53.1 Å². The maximum atomic E-state index is 13.7. The number of nitrogens with one attached hydrogen (secondary N) is 3. The van der Waals surface area contributed by atoms with Gasteiger partial charge in [-0.25, -0.2) is 22.7 Å². The molecule has 5 N–H and O–H groups in total. The Hall–Kier alpha value is -1.42. The van der Waals surface area contributed by atoms with Gasteiger partial charge in [-0.05, 0) is 48.9 Å². The van der Waals surface area contributed by atoms with E-state index in [-0.39, 0.29) is 45.7 Å². The van der Waals surface area contributed by atoms with Crippen LogP contribution in [-0.2, 0) is 24.2 Å². The molecule has 0 saturated carbocycles. The van der Waals surface area contributed by atoms with Gasteiger partial charge in [0.05, 0.1) is 21.0 Å². The molecular weight excluding hydrogens is 723 g/mol. The lowest BCUT2D eigenvalue weighted by Gasteiger charge is -2.28.